The van der Waals surface area contributed by atoms with Crippen LogP contribution in [-0.2, 0) is 17.4 Å². The van der Waals surface area contributed by atoms with E-state index in [1.807, 2.05) is 0 Å². The molecule has 0 aliphatic heterocycles. The third-order valence-corrected chi connectivity index (χ3v) is 3.92. The monoisotopic (exact) mass is 414 g/mol. The van der Waals surface area contributed by atoms with E-state index in [-0.39, 0.29) is 12.2 Å². The molecular formula is C14H15Br2F3O. The predicted octanol–water partition coefficient (Wildman–Crippen LogP) is 5.39. The molecule has 0 saturated heterocycles. The van der Waals surface area contributed by atoms with E-state index < -0.39 is 22.0 Å². The summed E-state index contributed by atoms with van der Waals surface area (Å²) in [6, 6.07) is 3.70. The van der Waals surface area contributed by atoms with Crippen molar-refractivity contribution in [3.63, 3.8) is 0 Å². The molecule has 6 heteroatoms. The molecule has 0 fully saturated rings. The maximum absolute atomic E-state index is 12.7. The van der Waals surface area contributed by atoms with Gasteiger partial charge in [0.2, 0.25) is 0 Å². The van der Waals surface area contributed by atoms with Crippen LogP contribution in [0.4, 0.5) is 13.2 Å². The van der Waals surface area contributed by atoms with Gasteiger partial charge in [-0.3, -0.25) is 4.79 Å². The number of carbonyl (C=O) groups is 1. The Kier molecular flexibility index (Phi) is 5.46. The highest BCUT2D eigenvalue weighted by Gasteiger charge is 2.32. The Labute approximate surface area is 133 Å². The molecule has 1 rings (SSSR count). The predicted molar refractivity (Wildman–Crippen MR) is 80.0 cm³/mol. The summed E-state index contributed by atoms with van der Waals surface area (Å²) in [4.78, 5) is 11.6. The van der Waals surface area contributed by atoms with E-state index in [1.165, 1.54) is 0 Å². The van der Waals surface area contributed by atoms with Gasteiger partial charge in [0.15, 0.2) is 5.78 Å². The zero-order valence-corrected chi connectivity index (χ0v) is 14.5. The second kappa shape index (κ2) is 6.18. The number of ketones is 1. The number of hydrogen-bond donors (Lipinski definition) is 0. The van der Waals surface area contributed by atoms with Gasteiger partial charge in [0.05, 0.1) is 10.4 Å². The van der Waals surface area contributed by atoms with E-state index in [1.54, 1.807) is 26.8 Å². The van der Waals surface area contributed by atoms with Crippen molar-refractivity contribution in [2.24, 2.45) is 5.41 Å². The fourth-order valence-electron chi connectivity index (χ4n) is 1.70. The second-order valence-electron chi connectivity index (χ2n) is 5.63. The van der Waals surface area contributed by atoms with Crippen LogP contribution in [0.25, 0.3) is 0 Å². The van der Waals surface area contributed by atoms with Crippen LogP contribution in [0, 0.1) is 5.41 Å². The van der Waals surface area contributed by atoms with Crippen LogP contribution in [0.15, 0.2) is 22.7 Å². The minimum atomic E-state index is -4.39. The van der Waals surface area contributed by atoms with Crippen LogP contribution >= 0.6 is 31.9 Å². The molecule has 1 aromatic rings. The molecule has 1 unspecified atom stereocenters. The van der Waals surface area contributed by atoms with E-state index in [2.05, 4.69) is 31.9 Å². The Bertz CT molecular complexity index is 504. The van der Waals surface area contributed by atoms with Gasteiger partial charge >= 0.3 is 6.18 Å². The number of carbonyl (C=O) groups excluding carboxylic acids is 1. The largest absolute Gasteiger partial charge is 0.416 e. The minimum Gasteiger partial charge on any atom is -0.298 e. The van der Waals surface area contributed by atoms with Gasteiger partial charge < -0.3 is 0 Å². The van der Waals surface area contributed by atoms with Crippen molar-refractivity contribution in [2.45, 2.75) is 38.2 Å². The van der Waals surface area contributed by atoms with Crippen LogP contribution in [0.3, 0.4) is 0 Å². The normalized spacial score (nSPS) is 14.2. The number of benzene rings is 1. The summed E-state index contributed by atoms with van der Waals surface area (Å²) < 4.78 is 38.6. The van der Waals surface area contributed by atoms with Crippen molar-refractivity contribution in [2.75, 3.05) is 0 Å². The molecule has 20 heavy (non-hydrogen) atoms. The Morgan fingerprint density at radius 1 is 1.20 bits per heavy atom. The molecule has 112 valence electrons. The fourth-order valence-corrected chi connectivity index (χ4v) is 3.30. The maximum atomic E-state index is 12.7. The number of alkyl halides is 4. The van der Waals surface area contributed by atoms with Gasteiger partial charge in [0.1, 0.15) is 0 Å². The Balaban J connectivity index is 2.99. The van der Waals surface area contributed by atoms with Crippen molar-refractivity contribution in [3.05, 3.63) is 33.8 Å². The van der Waals surface area contributed by atoms with Crippen LogP contribution in [0.5, 0.6) is 0 Å². The van der Waals surface area contributed by atoms with Crippen molar-refractivity contribution < 1.29 is 18.0 Å². The molecule has 1 nitrogen and oxygen atoms in total. The molecule has 0 amide bonds. The molecule has 0 aliphatic rings. The summed E-state index contributed by atoms with van der Waals surface area (Å²) in [6.45, 7) is 5.35. The molecule has 1 atom stereocenters. The highest BCUT2D eigenvalue weighted by Crippen LogP contribution is 2.33. The minimum absolute atomic E-state index is 0.0361. The Morgan fingerprint density at radius 2 is 1.75 bits per heavy atom. The SMILES string of the molecule is CC(C)(C)C(=O)C(Br)Cc1cc(Br)cc(C(F)(F)F)c1. The van der Waals surface area contributed by atoms with Crippen LogP contribution < -0.4 is 0 Å². The van der Waals surface area contributed by atoms with Crippen molar-refractivity contribution in [1.82, 2.24) is 0 Å². The standard InChI is InChI=1S/C14H15Br2F3O/c1-13(2,3)12(20)11(16)6-8-4-9(14(17,18)19)7-10(15)5-8/h4-5,7,11H,6H2,1-3H3. The molecular weight excluding hydrogens is 401 g/mol. The summed E-state index contributed by atoms with van der Waals surface area (Å²) >= 11 is 6.34. The number of rotatable bonds is 3. The van der Waals surface area contributed by atoms with Gasteiger partial charge in [-0.1, -0.05) is 52.6 Å². The lowest BCUT2D eigenvalue weighted by Crippen LogP contribution is -2.30. The van der Waals surface area contributed by atoms with E-state index in [4.69, 9.17) is 0 Å². The summed E-state index contributed by atoms with van der Waals surface area (Å²) in [7, 11) is 0. The summed E-state index contributed by atoms with van der Waals surface area (Å²) in [5.74, 6) is -0.0361. The van der Waals surface area contributed by atoms with Gasteiger partial charge in [-0.2, -0.15) is 13.2 Å². The molecule has 0 aliphatic carbocycles. The topological polar surface area (TPSA) is 17.1 Å². The van der Waals surface area contributed by atoms with Gasteiger partial charge in [-0.05, 0) is 30.2 Å². The van der Waals surface area contributed by atoms with E-state index in [0.717, 1.165) is 12.1 Å². The highest BCUT2D eigenvalue weighted by molar-refractivity contribution is 9.10. The maximum Gasteiger partial charge on any atom is 0.416 e. The van der Waals surface area contributed by atoms with Crippen molar-refractivity contribution >= 4 is 37.6 Å². The first kappa shape index (κ1) is 17.7. The number of hydrogen-bond acceptors (Lipinski definition) is 1. The molecule has 0 heterocycles. The summed E-state index contributed by atoms with van der Waals surface area (Å²) in [6.07, 6.45) is -4.17. The van der Waals surface area contributed by atoms with E-state index in [0.29, 0.717) is 10.0 Å². The molecule has 0 aromatic heterocycles. The average Bonchev–Trinajstić information content (AvgIpc) is 2.24. The fraction of sp³-hybridized carbons (Fsp3) is 0.500. The first-order valence-corrected chi connectivity index (χ1v) is 7.67. The van der Waals surface area contributed by atoms with Gasteiger partial charge in [-0.15, -0.1) is 0 Å². The average molecular weight is 416 g/mol. The first-order valence-electron chi connectivity index (χ1n) is 5.96. The van der Waals surface area contributed by atoms with Crippen molar-refractivity contribution in [1.29, 1.82) is 0 Å². The molecule has 0 spiro atoms. The lowest BCUT2D eigenvalue weighted by Gasteiger charge is -2.21. The zero-order valence-electron chi connectivity index (χ0n) is 11.3. The lowest BCUT2D eigenvalue weighted by atomic mass is 9.87. The van der Waals surface area contributed by atoms with Crippen LogP contribution in [-0.4, -0.2) is 10.6 Å². The van der Waals surface area contributed by atoms with E-state index in [9.17, 15) is 18.0 Å². The molecule has 0 radical (unpaired) electrons. The summed E-state index contributed by atoms with van der Waals surface area (Å²) in [5, 5.41) is 0. The Morgan fingerprint density at radius 3 is 2.20 bits per heavy atom. The van der Waals surface area contributed by atoms with Crippen LogP contribution in [0.1, 0.15) is 31.9 Å². The lowest BCUT2D eigenvalue weighted by molar-refractivity contribution is -0.137. The molecule has 0 N–H and O–H groups in total. The second-order valence-corrected chi connectivity index (χ2v) is 7.65. The van der Waals surface area contributed by atoms with Gasteiger partial charge in [0.25, 0.3) is 0 Å². The third kappa shape index (κ3) is 4.88. The zero-order chi connectivity index (χ0) is 15.7. The van der Waals surface area contributed by atoms with E-state index >= 15 is 0 Å². The van der Waals surface area contributed by atoms with Crippen LogP contribution in [0.2, 0.25) is 0 Å². The third-order valence-electron chi connectivity index (χ3n) is 2.72. The van der Waals surface area contributed by atoms with Crippen molar-refractivity contribution in [3.8, 4) is 0 Å². The molecule has 0 saturated carbocycles. The number of halogens is 5. The Hall–Kier alpha value is -0.360. The molecule has 1 aromatic carbocycles. The first-order chi connectivity index (χ1) is 8.91. The summed E-state index contributed by atoms with van der Waals surface area (Å²) in [5.41, 5.74) is -0.788. The number of Topliss-reactive ketones (excluding diaryl/α,β-unsaturated/α-hetero) is 1. The highest BCUT2D eigenvalue weighted by atomic mass is 79.9. The quantitative estimate of drug-likeness (QED) is 0.605. The van der Waals surface area contributed by atoms with Gasteiger partial charge in [-0.25, -0.2) is 0 Å². The van der Waals surface area contributed by atoms with Gasteiger partial charge in [0, 0.05) is 9.89 Å². The molecule has 0 bridgehead atoms. The smallest absolute Gasteiger partial charge is 0.298 e.